The van der Waals surface area contributed by atoms with Crippen LogP contribution in [0.1, 0.15) is 19.5 Å². The quantitative estimate of drug-likeness (QED) is 0.767. The second-order valence-corrected chi connectivity index (χ2v) is 4.90. The Balaban J connectivity index is 2.38. The van der Waals surface area contributed by atoms with Crippen molar-refractivity contribution in [1.82, 2.24) is 9.88 Å². The lowest BCUT2D eigenvalue weighted by Crippen LogP contribution is -2.37. The molecule has 0 spiro atoms. The number of hydrogen-bond acceptors (Lipinski definition) is 4. The molecule has 0 aromatic carbocycles. The first-order valence-corrected chi connectivity index (χ1v) is 5.55. The summed E-state index contributed by atoms with van der Waals surface area (Å²) < 4.78 is 0. The van der Waals surface area contributed by atoms with E-state index in [0.717, 1.165) is 5.69 Å². The topological polar surface area (TPSA) is 42.1 Å². The van der Waals surface area contributed by atoms with E-state index in [-0.39, 0.29) is 5.41 Å². The zero-order chi connectivity index (χ0) is 10.3. The molecule has 0 aliphatic carbocycles. The van der Waals surface area contributed by atoms with E-state index in [1.54, 1.807) is 0 Å². The van der Waals surface area contributed by atoms with Crippen LogP contribution in [0.15, 0.2) is 17.7 Å². The Morgan fingerprint density at radius 3 is 2.79 bits per heavy atom. The van der Waals surface area contributed by atoms with Crippen molar-refractivity contribution in [2.75, 3.05) is 12.8 Å². The Hall–Kier alpha value is -1.03. The maximum atomic E-state index is 5.65. The smallest absolute Gasteiger partial charge is 0.180 e. The fraction of sp³-hybridized carbons (Fsp3) is 0.500. The minimum Gasteiger partial charge on any atom is -0.377 e. The molecule has 2 heterocycles. The molecule has 1 aliphatic rings. The number of rotatable bonds is 1. The highest BCUT2D eigenvalue weighted by Crippen LogP contribution is 2.37. The first kappa shape index (κ1) is 9.52. The Kier molecular flexibility index (Phi) is 2.03. The third kappa shape index (κ3) is 1.21. The van der Waals surface area contributed by atoms with Crippen LogP contribution < -0.4 is 5.73 Å². The van der Waals surface area contributed by atoms with Crippen molar-refractivity contribution in [2.45, 2.75) is 25.3 Å². The Labute approximate surface area is 88.3 Å². The van der Waals surface area contributed by atoms with E-state index in [0.29, 0.717) is 11.2 Å². The van der Waals surface area contributed by atoms with E-state index in [1.165, 1.54) is 11.3 Å². The summed E-state index contributed by atoms with van der Waals surface area (Å²) in [7, 11) is 2.09. The number of aromatic nitrogens is 1. The normalized spacial score (nSPS) is 31.4. The van der Waals surface area contributed by atoms with Crippen LogP contribution in [-0.2, 0) is 5.41 Å². The first-order chi connectivity index (χ1) is 6.54. The number of anilines is 1. The standard InChI is InChI=1S/C10H15N3S/c1-7-10(2,4-5-13(7)3)8-6-14-9(11)12-8/h4-7H,1-3H3,(H2,11,12). The molecule has 14 heavy (non-hydrogen) atoms. The van der Waals surface area contributed by atoms with Gasteiger partial charge in [0.2, 0.25) is 0 Å². The van der Waals surface area contributed by atoms with Crippen LogP contribution in [0.2, 0.25) is 0 Å². The van der Waals surface area contributed by atoms with Crippen LogP contribution >= 0.6 is 11.3 Å². The van der Waals surface area contributed by atoms with E-state index in [1.807, 2.05) is 0 Å². The van der Waals surface area contributed by atoms with Crippen LogP contribution in [0.4, 0.5) is 5.13 Å². The molecule has 1 aliphatic heterocycles. The highest BCUT2D eigenvalue weighted by molar-refractivity contribution is 7.13. The highest BCUT2D eigenvalue weighted by Gasteiger charge is 2.38. The first-order valence-electron chi connectivity index (χ1n) is 4.67. The number of nitrogens with two attached hydrogens (primary N) is 1. The van der Waals surface area contributed by atoms with Crippen molar-refractivity contribution in [3.05, 3.63) is 23.3 Å². The highest BCUT2D eigenvalue weighted by atomic mass is 32.1. The molecule has 2 rings (SSSR count). The van der Waals surface area contributed by atoms with Crippen LogP contribution in [-0.4, -0.2) is 23.0 Å². The molecule has 4 heteroatoms. The Bertz CT molecular complexity index is 371. The number of hydrogen-bond donors (Lipinski definition) is 1. The summed E-state index contributed by atoms with van der Waals surface area (Å²) in [5.41, 5.74) is 6.73. The van der Waals surface area contributed by atoms with E-state index in [4.69, 9.17) is 5.73 Å². The van der Waals surface area contributed by atoms with Crippen molar-refractivity contribution in [2.24, 2.45) is 0 Å². The molecule has 2 atom stereocenters. The van der Waals surface area contributed by atoms with Crippen molar-refractivity contribution in [3.8, 4) is 0 Å². The molecule has 0 radical (unpaired) electrons. The number of thiazole rings is 1. The monoisotopic (exact) mass is 209 g/mol. The number of likely N-dealkylation sites (N-methyl/N-ethyl adjacent to an activating group) is 1. The fourth-order valence-corrected chi connectivity index (χ4v) is 2.49. The van der Waals surface area contributed by atoms with Gasteiger partial charge in [-0.3, -0.25) is 0 Å². The predicted molar refractivity (Wildman–Crippen MR) is 60.2 cm³/mol. The maximum absolute atomic E-state index is 5.65. The van der Waals surface area contributed by atoms with Gasteiger partial charge >= 0.3 is 0 Å². The summed E-state index contributed by atoms with van der Waals surface area (Å²) in [6.45, 7) is 4.40. The zero-order valence-electron chi connectivity index (χ0n) is 8.69. The van der Waals surface area contributed by atoms with Gasteiger partial charge in [-0.1, -0.05) is 6.08 Å². The van der Waals surface area contributed by atoms with Crippen LogP contribution in [0.3, 0.4) is 0 Å². The van der Waals surface area contributed by atoms with Crippen LogP contribution in [0.5, 0.6) is 0 Å². The molecule has 0 bridgehead atoms. The molecule has 0 amide bonds. The summed E-state index contributed by atoms with van der Waals surface area (Å²) in [4.78, 5) is 6.57. The number of nitrogens with zero attached hydrogens (tertiary/aromatic N) is 2. The third-order valence-electron chi connectivity index (χ3n) is 3.21. The lowest BCUT2D eigenvalue weighted by molar-refractivity contribution is 0.297. The minimum atomic E-state index is 0.00285. The molecule has 76 valence electrons. The van der Waals surface area contributed by atoms with Gasteiger partial charge in [0.05, 0.1) is 11.1 Å². The Morgan fingerprint density at radius 2 is 2.36 bits per heavy atom. The van der Waals surface area contributed by atoms with Crippen molar-refractivity contribution in [3.63, 3.8) is 0 Å². The van der Waals surface area contributed by atoms with Crippen molar-refractivity contribution in [1.29, 1.82) is 0 Å². The molecule has 3 nitrogen and oxygen atoms in total. The second-order valence-electron chi connectivity index (χ2n) is 4.01. The van der Waals surface area contributed by atoms with E-state index >= 15 is 0 Å². The summed E-state index contributed by atoms with van der Waals surface area (Å²) in [6, 6.07) is 0.434. The predicted octanol–water partition coefficient (Wildman–Crippen LogP) is 1.83. The van der Waals surface area contributed by atoms with Crippen molar-refractivity contribution >= 4 is 16.5 Å². The van der Waals surface area contributed by atoms with Gasteiger partial charge in [0, 0.05) is 18.5 Å². The summed E-state index contributed by atoms with van der Waals surface area (Å²) in [6.07, 6.45) is 4.31. The van der Waals surface area contributed by atoms with E-state index in [9.17, 15) is 0 Å². The lowest BCUT2D eigenvalue weighted by Gasteiger charge is -2.30. The third-order valence-corrected chi connectivity index (χ3v) is 3.88. The van der Waals surface area contributed by atoms with Gasteiger partial charge in [-0.15, -0.1) is 11.3 Å². The average molecular weight is 209 g/mol. The molecule has 2 unspecified atom stereocenters. The van der Waals surface area contributed by atoms with Gasteiger partial charge < -0.3 is 10.6 Å². The fourth-order valence-electron chi connectivity index (χ4n) is 1.80. The van der Waals surface area contributed by atoms with Gasteiger partial charge in [0.1, 0.15) is 0 Å². The largest absolute Gasteiger partial charge is 0.377 e. The zero-order valence-corrected chi connectivity index (χ0v) is 9.51. The SMILES string of the molecule is CC1N(C)C=CC1(C)c1csc(N)n1. The lowest BCUT2D eigenvalue weighted by atomic mass is 9.82. The summed E-state index contributed by atoms with van der Waals surface area (Å²) in [5, 5.41) is 2.70. The summed E-state index contributed by atoms with van der Waals surface area (Å²) in [5.74, 6) is 0. The Morgan fingerprint density at radius 1 is 1.64 bits per heavy atom. The molecule has 2 N–H and O–H groups in total. The van der Waals surface area contributed by atoms with Gasteiger partial charge in [0.25, 0.3) is 0 Å². The maximum Gasteiger partial charge on any atom is 0.180 e. The molecule has 0 saturated heterocycles. The molecule has 0 fully saturated rings. The van der Waals surface area contributed by atoms with E-state index < -0.39 is 0 Å². The van der Waals surface area contributed by atoms with Gasteiger partial charge in [-0.2, -0.15) is 0 Å². The second kappa shape index (κ2) is 2.98. The van der Waals surface area contributed by atoms with Gasteiger partial charge in [-0.25, -0.2) is 4.98 Å². The van der Waals surface area contributed by atoms with Gasteiger partial charge in [0.15, 0.2) is 5.13 Å². The van der Waals surface area contributed by atoms with Gasteiger partial charge in [-0.05, 0) is 20.0 Å². The summed E-state index contributed by atoms with van der Waals surface area (Å²) >= 11 is 1.51. The van der Waals surface area contributed by atoms with Crippen LogP contribution in [0.25, 0.3) is 0 Å². The van der Waals surface area contributed by atoms with Crippen molar-refractivity contribution < 1.29 is 0 Å². The van der Waals surface area contributed by atoms with Crippen LogP contribution in [0, 0.1) is 0 Å². The molecular weight excluding hydrogens is 194 g/mol. The average Bonchev–Trinajstić information content (AvgIpc) is 2.68. The molecule has 0 saturated carbocycles. The molecule has 1 aromatic heterocycles. The molecular formula is C10H15N3S. The van der Waals surface area contributed by atoms with E-state index in [2.05, 4.69) is 48.4 Å². The minimum absolute atomic E-state index is 0.00285. The molecule has 1 aromatic rings. The number of nitrogen functional groups attached to an aromatic ring is 1.